The molecule has 0 unspecified atom stereocenters. The standard InChI is InChI=1S/2C33H41N4S.Co/c2*1-18(2)25-24(17-34)27(20(5)6)36-30(25)32(38-23-15-13-22(14-16-23)33(9,10)11)31-26(19(3)4)29(35-12)28(37-31)21(7)8;/h2*13-16,18-21H,1-11H3;/q2*-1;+2/b2*32-30+;. The fourth-order valence-electron chi connectivity index (χ4n) is 9.67. The van der Waals surface area contributed by atoms with Crippen molar-refractivity contribution >= 4 is 56.1 Å². The fourth-order valence-corrected chi connectivity index (χ4v) is 11.7. The number of benzene rings is 2. The molecule has 4 heterocycles. The van der Waals surface area contributed by atoms with E-state index in [1.165, 1.54) is 11.1 Å². The summed E-state index contributed by atoms with van der Waals surface area (Å²) < 4.78 is 0. The molecule has 4 aromatic rings. The average molecular weight is 1110 g/mol. The van der Waals surface area contributed by atoms with Gasteiger partial charge in [-0.05, 0) is 81.7 Å². The maximum absolute atomic E-state index is 10.2. The summed E-state index contributed by atoms with van der Waals surface area (Å²) >= 11 is 3.29. The number of nitrogens with zero attached hydrogens (tertiary/aromatic N) is 8. The molecule has 0 bridgehead atoms. The van der Waals surface area contributed by atoms with Gasteiger partial charge in [-0.2, -0.15) is 21.9 Å². The quantitative estimate of drug-likeness (QED) is 0.0919. The van der Waals surface area contributed by atoms with Gasteiger partial charge in [-0.1, -0.05) is 223 Å². The molecule has 0 saturated carbocycles. The summed E-state index contributed by atoms with van der Waals surface area (Å²) in [5.74, 6) is 0.949. The van der Waals surface area contributed by atoms with Crippen molar-refractivity contribution in [2.24, 2.45) is 33.7 Å². The van der Waals surface area contributed by atoms with E-state index in [-0.39, 0.29) is 75.0 Å². The van der Waals surface area contributed by atoms with E-state index >= 15 is 0 Å². The first kappa shape index (κ1) is 64.0. The molecule has 0 fully saturated rings. The summed E-state index contributed by atoms with van der Waals surface area (Å²) in [5.41, 5.74) is 15.9. The minimum Gasteiger partial charge on any atom is -0.670 e. The molecular weight excluding hydrogens is 1030 g/mol. The van der Waals surface area contributed by atoms with E-state index in [9.17, 15) is 10.5 Å². The largest absolute Gasteiger partial charge is 2.00 e. The van der Waals surface area contributed by atoms with Crippen LogP contribution >= 0.6 is 23.5 Å². The van der Waals surface area contributed by atoms with Crippen molar-refractivity contribution in [2.75, 3.05) is 0 Å². The van der Waals surface area contributed by atoms with Gasteiger partial charge >= 0.3 is 16.8 Å². The second-order valence-electron chi connectivity index (χ2n) is 24.6. The van der Waals surface area contributed by atoms with Gasteiger partial charge in [0.2, 0.25) is 0 Å². The van der Waals surface area contributed by atoms with Crippen molar-refractivity contribution in [2.45, 2.75) is 197 Å². The third-order valence-corrected chi connectivity index (χ3v) is 15.9. The van der Waals surface area contributed by atoms with Crippen LogP contribution in [-0.2, 0) is 27.6 Å². The molecule has 6 rings (SSSR count). The Labute approximate surface area is 482 Å². The Morgan fingerprint density at radius 3 is 0.987 bits per heavy atom. The maximum atomic E-state index is 10.2. The number of hydrogen-bond donors (Lipinski definition) is 0. The first-order valence-corrected chi connectivity index (χ1v) is 28.8. The number of aromatic nitrogens is 2. The zero-order valence-electron chi connectivity index (χ0n) is 50.0. The number of nitriles is 2. The topological polar surface area (TPSA) is 109 Å². The van der Waals surface area contributed by atoms with E-state index in [0.717, 1.165) is 87.5 Å². The molecular formula is C66H82CoN8S2. The van der Waals surface area contributed by atoms with Crippen LogP contribution in [0.4, 0.5) is 11.4 Å². The van der Waals surface area contributed by atoms with Crippen LogP contribution in [0, 0.1) is 59.5 Å². The molecule has 0 spiro atoms. The van der Waals surface area contributed by atoms with Gasteiger partial charge in [0, 0.05) is 30.7 Å². The number of hydrogen-bond acceptors (Lipinski definition) is 6. The SMILES string of the molecule is [C-]#[N+]c1c(C(C)C)[n-]c(/C(Sc2ccc(C(C)(C)C)cc2)=C2\N=C(C(C)C)C(C#N)=C2C(C)C)c1C(C)C.[C-]#[N+]c1c(C(C)C)[n-]c(/C(Sc2ccc(C(C)(C)C)cc2)=C2\N=C(C(C)C)C(C#N)=C2C(C)C)c1C(C)C.[Co+2]. The third kappa shape index (κ3) is 13.8. The summed E-state index contributed by atoms with van der Waals surface area (Å²) in [7, 11) is 0. The van der Waals surface area contributed by atoms with Gasteiger partial charge in [0.15, 0.2) is 11.4 Å². The Hall–Kier alpha value is -5.53. The van der Waals surface area contributed by atoms with Crippen molar-refractivity contribution in [1.82, 2.24) is 9.97 Å². The molecule has 0 saturated heterocycles. The Morgan fingerprint density at radius 2 is 0.779 bits per heavy atom. The zero-order chi connectivity index (χ0) is 57.0. The second kappa shape index (κ2) is 26.0. The normalized spacial score (nSPS) is 15.4. The first-order chi connectivity index (χ1) is 35.4. The number of aliphatic imine (C=N–C) groups is 2. The Bertz CT molecular complexity index is 2970. The van der Waals surface area contributed by atoms with Gasteiger partial charge in [0.05, 0.1) is 47.1 Å². The van der Waals surface area contributed by atoms with Crippen LogP contribution in [-0.4, -0.2) is 11.4 Å². The molecule has 2 aliphatic rings. The molecule has 2 aromatic carbocycles. The van der Waals surface area contributed by atoms with Crippen LogP contribution in [0.1, 0.15) is 221 Å². The van der Waals surface area contributed by atoms with E-state index in [2.05, 4.69) is 223 Å². The van der Waals surface area contributed by atoms with E-state index in [1.807, 2.05) is 0 Å². The number of rotatable bonds is 14. The summed E-state index contributed by atoms with van der Waals surface area (Å²) in [6.45, 7) is 63.0. The van der Waals surface area contributed by atoms with Gasteiger partial charge in [-0.25, -0.2) is 9.69 Å². The Morgan fingerprint density at radius 1 is 0.481 bits per heavy atom. The smallest absolute Gasteiger partial charge is 0.670 e. The molecule has 2 aliphatic heterocycles. The molecule has 8 nitrogen and oxygen atoms in total. The summed E-state index contributed by atoms with van der Waals surface area (Å²) in [6.07, 6.45) is 0. The molecule has 2 aromatic heterocycles. The van der Waals surface area contributed by atoms with Crippen molar-refractivity contribution in [1.29, 1.82) is 10.5 Å². The second-order valence-corrected chi connectivity index (χ2v) is 26.7. The maximum Gasteiger partial charge on any atom is 2.00 e. The summed E-state index contributed by atoms with van der Waals surface area (Å²) in [4.78, 5) is 32.6. The van der Waals surface area contributed by atoms with E-state index < -0.39 is 0 Å². The van der Waals surface area contributed by atoms with Crippen LogP contribution in [0.5, 0.6) is 0 Å². The monoisotopic (exact) mass is 1110 g/mol. The molecule has 0 aliphatic carbocycles. The minimum atomic E-state index is 0. The van der Waals surface area contributed by atoms with E-state index in [1.54, 1.807) is 23.5 Å². The van der Waals surface area contributed by atoms with Gasteiger partial charge in [-0.3, -0.25) is 9.98 Å². The van der Waals surface area contributed by atoms with Crippen molar-refractivity contribution in [3.8, 4) is 12.1 Å². The third-order valence-electron chi connectivity index (χ3n) is 13.7. The Kier molecular flexibility index (Phi) is 21.6. The molecule has 77 heavy (non-hydrogen) atoms. The molecule has 407 valence electrons. The molecule has 11 heteroatoms. The molecule has 1 radical (unpaired) electrons. The number of allylic oxidation sites excluding steroid dienone is 4. The van der Waals surface area contributed by atoms with Crippen LogP contribution in [0.25, 0.3) is 19.5 Å². The van der Waals surface area contributed by atoms with Gasteiger partial charge in [0.1, 0.15) is 12.1 Å². The van der Waals surface area contributed by atoms with Crippen LogP contribution in [0.15, 0.2) is 102 Å². The number of thioether (sulfide) groups is 2. The van der Waals surface area contributed by atoms with Gasteiger partial charge < -0.3 is 9.97 Å². The van der Waals surface area contributed by atoms with Crippen LogP contribution in [0.2, 0.25) is 0 Å². The Balaban J connectivity index is 0.000000328. The van der Waals surface area contributed by atoms with Crippen molar-refractivity contribution < 1.29 is 16.8 Å². The van der Waals surface area contributed by atoms with Crippen LogP contribution < -0.4 is 9.97 Å². The summed E-state index contributed by atoms with van der Waals surface area (Å²) in [6, 6.07) is 22.3. The van der Waals surface area contributed by atoms with Crippen LogP contribution in [0.3, 0.4) is 0 Å². The van der Waals surface area contributed by atoms with Gasteiger partial charge in [-0.15, -0.1) is 11.4 Å². The fraction of sp³-hybridized carbons (Fsp3) is 0.485. The predicted molar refractivity (Wildman–Crippen MR) is 324 cm³/mol. The summed E-state index contributed by atoms with van der Waals surface area (Å²) in [5, 5.41) is 20.4. The van der Waals surface area contributed by atoms with Gasteiger partial charge in [0.25, 0.3) is 0 Å². The van der Waals surface area contributed by atoms with Crippen molar-refractivity contribution in [3.05, 3.63) is 150 Å². The van der Waals surface area contributed by atoms with E-state index in [0.29, 0.717) is 22.5 Å². The minimum absolute atomic E-state index is 0. The predicted octanol–water partition coefficient (Wildman–Crippen LogP) is 19.6. The molecule has 0 atom stereocenters. The average Bonchev–Trinajstić information content (AvgIpc) is 4.13. The first-order valence-electron chi connectivity index (χ1n) is 27.1. The molecule has 0 N–H and O–H groups in total. The van der Waals surface area contributed by atoms with Crippen molar-refractivity contribution in [3.63, 3.8) is 0 Å². The molecule has 0 amide bonds. The van der Waals surface area contributed by atoms with E-state index in [4.69, 9.17) is 33.1 Å². The zero-order valence-corrected chi connectivity index (χ0v) is 52.6.